The first-order valence-corrected chi connectivity index (χ1v) is 15.8. The Morgan fingerprint density at radius 2 is 1.15 bits per heavy atom. The Hall–Kier alpha value is -0.530. The molecule has 1 aromatic heterocycles. The summed E-state index contributed by atoms with van der Waals surface area (Å²) in [5, 5.41) is 5.25. The Bertz CT molecular complexity index is 596. The highest BCUT2D eigenvalue weighted by Crippen LogP contribution is 2.23. The van der Waals surface area contributed by atoms with Gasteiger partial charge in [-0.25, -0.2) is 0 Å². The van der Waals surface area contributed by atoms with Crippen molar-refractivity contribution < 1.29 is 0 Å². The summed E-state index contributed by atoms with van der Waals surface area (Å²) < 4.78 is 0. The molecule has 0 aliphatic carbocycles. The van der Waals surface area contributed by atoms with Crippen LogP contribution in [0.3, 0.4) is 0 Å². The fraction of sp³-hybridized carbons (Fsp3) is 0.885. The van der Waals surface area contributed by atoms with Gasteiger partial charge in [-0.15, -0.1) is 0 Å². The lowest BCUT2D eigenvalue weighted by atomic mass is 10.1. The molecule has 0 amide bonds. The number of likely N-dealkylation sites (tertiary alicyclic amines) is 1. The number of anilines is 1. The van der Waals surface area contributed by atoms with Crippen molar-refractivity contribution in [2.45, 2.75) is 120 Å². The topological polar surface area (TPSA) is 53.9 Å². The first kappa shape index (κ1) is 28.7. The minimum Gasteiger partial charge on any atom is -0.353 e. The first-order valence-electron chi connectivity index (χ1n) is 13.8. The highest BCUT2D eigenvalue weighted by Gasteiger charge is 2.12. The number of rotatable bonds is 21. The molecule has 33 heavy (non-hydrogen) atoms. The summed E-state index contributed by atoms with van der Waals surface area (Å²) in [7, 11) is 0. The Morgan fingerprint density at radius 3 is 1.70 bits per heavy atom. The molecule has 1 saturated heterocycles. The van der Waals surface area contributed by atoms with Crippen LogP contribution in [0.15, 0.2) is 10.3 Å². The van der Waals surface area contributed by atoms with Crippen molar-refractivity contribution in [1.82, 2.24) is 19.9 Å². The zero-order chi connectivity index (χ0) is 23.4. The van der Waals surface area contributed by atoms with E-state index in [0.29, 0.717) is 0 Å². The minimum atomic E-state index is 0.759. The van der Waals surface area contributed by atoms with E-state index in [0.717, 1.165) is 40.9 Å². The molecule has 0 aromatic carbocycles. The van der Waals surface area contributed by atoms with Gasteiger partial charge in [-0.05, 0) is 38.8 Å². The minimum absolute atomic E-state index is 0.759. The van der Waals surface area contributed by atoms with Crippen LogP contribution in [0, 0.1) is 0 Å². The summed E-state index contributed by atoms with van der Waals surface area (Å²) >= 11 is 3.59. The molecular formula is C26H49N5S2. The second-order valence-corrected chi connectivity index (χ2v) is 11.4. The maximum Gasteiger partial charge on any atom is 0.227 e. The second kappa shape index (κ2) is 19.7. The summed E-state index contributed by atoms with van der Waals surface area (Å²) in [5.74, 6) is 2.96. The quantitative estimate of drug-likeness (QED) is 0.139. The number of hydrogen-bond acceptors (Lipinski definition) is 7. The molecule has 0 radical (unpaired) electrons. The van der Waals surface area contributed by atoms with Crippen LogP contribution in [-0.2, 0) is 0 Å². The average Bonchev–Trinajstić information content (AvgIpc) is 3.34. The van der Waals surface area contributed by atoms with Crippen LogP contribution >= 0.6 is 23.5 Å². The van der Waals surface area contributed by atoms with Crippen molar-refractivity contribution in [2.24, 2.45) is 0 Å². The van der Waals surface area contributed by atoms with Crippen LogP contribution in [0.5, 0.6) is 0 Å². The van der Waals surface area contributed by atoms with Crippen molar-refractivity contribution in [3.05, 3.63) is 0 Å². The average molecular weight is 496 g/mol. The van der Waals surface area contributed by atoms with Crippen LogP contribution in [0.2, 0.25) is 0 Å². The van der Waals surface area contributed by atoms with E-state index in [9.17, 15) is 0 Å². The van der Waals surface area contributed by atoms with Gasteiger partial charge in [0.2, 0.25) is 5.95 Å². The van der Waals surface area contributed by atoms with E-state index in [1.807, 2.05) is 0 Å². The third-order valence-electron chi connectivity index (χ3n) is 6.21. The maximum atomic E-state index is 4.77. The van der Waals surface area contributed by atoms with Gasteiger partial charge in [0.25, 0.3) is 0 Å². The molecule has 2 rings (SSSR count). The second-order valence-electron chi connectivity index (χ2n) is 9.29. The van der Waals surface area contributed by atoms with E-state index < -0.39 is 0 Å². The maximum absolute atomic E-state index is 4.77. The number of hydrogen-bond donors (Lipinski definition) is 1. The van der Waals surface area contributed by atoms with Crippen LogP contribution in [0.25, 0.3) is 0 Å². The van der Waals surface area contributed by atoms with Crippen LogP contribution < -0.4 is 5.32 Å². The number of nitrogens with one attached hydrogen (secondary N) is 1. The smallest absolute Gasteiger partial charge is 0.227 e. The van der Waals surface area contributed by atoms with Crippen LogP contribution in [0.4, 0.5) is 5.95 Å². The highest BCUT2D eigenvalue weighted by molar-refractivity contribution is 7.99. The number of thioether (sulfide) groups is 2. The molecule has 7 heteroatoms. The lowest BCUT2D eigenvalue weighted by Gasteiger charge is -2.15. The standard InChI is InChI=1S/C26H49N5S2/c1-3-5-7-9-10-11-12-13-17-23-33-26-29-24(27-18-21-31-19-14-15-20-31)28-25(30-26)32-22-16-8-6-4-2/h3-23H2,1-2H3,(H,27,28,29,30). The monoisotopic (exact) mass is 495 g/mol. The van der Waals surface area contributed by atoms with Gasteiger partial charge >= 0.3 is 0 Å². The van der Waals surface area contributed by atoms with Crippen molar-refractivity contribution >= 4 is 29.5 Å². The van der Waals surface area contributed by atoms with E-state index in [-0.39, 0.29) is 0 Å². The van der Waals surface area contributed by atoms with Gasteiger partial charge < -0.3 is 10.2 Å². The lowest BCUT2D eigenvalue weighted by molar-refractivity contribution is 0.352. The third kappa shape index (κ3) is 14.5. The lowest BCUT2D eigenvalue weighted by Crippen LogP contribution is -2.26. The zero-order valence-corrected chi connectivity index (χ0v) is 23.1. The van der Waals surface area contributed by atoms with Crippen molar-refractivity contribution in [3.63, 3.8) is 0 Å². The van der Waals surface area contributed by atoms with Crippen LogP contribution in [0.1, 0.15) is 110 Å². The van der Waals surface area contributed by atoms with E-state index in [1.165, 1.54) is 109 Å². The van der Waals surface area contributed by atoms with Gasteiger partial charge in [-0.3, -0.25) is 0 Å². The summed E-state index contributed by atoms with van der Waals surface area (Å²) in [5.41, 5.74) is 0. The summed E-state index contributed by atoms with van der Waals surface area (Å²) in [6, 6.07) is 0. The fourth-order valence-corrected chi connectivity index (χ4v) is 5.87. The molecule has 0 atom stereocenters. The van der Waals surface area contributed by atoms with Crippen molar-refractivity contribution in [2.75, 3.05) is 43.0 Å². The molecule has 190 valence electrons. The molecule has 1 aromatic rings. The van der Waals surface area contributed by atoms with Crippen molar-refractivity contribution in [1.29, 1.82) is 0 Å². The molecule has 1 aliphatic heterocycles. The highest BCUT2D eigenvalue weighted by atomic mass is 32.2. The number of unbranched alkanes of at least 4 members (excludes halogenated alkanes) is 11. The normalized spacial score (nSPS) is 14.2. The van der Waals surface area contributed by atoms with E-state index >= 15 is 0 Å². The van der Waals surface area contributed by atoms with Gasteiger partial charge in [0.1, 0.15) is 0 Å². The van der Waals surface area contributed by atoms with Gasteiger partial charge in [-0.2, -0.15) is 15.0 Å². The molecule has 0 bridgehead atoms. The number of aromatic nitrogens is 3. The van der Waals surface area contributed by atoms with Gasteiger partial charge in [0.05, 0.1) is 0 Å². The zero-order valence-electron chi connectivity index (χ0n) is 21.5. The van der Waals surface area contributed by atoms with E-state index in [1.54, 1.807) is 23.5 Å². The van der Waals surface area contributed by atoms with Crippen molar-refractivity contribution in [3.8, 4) is 0 Å². The largest absolute Gasteiger partial charge is 0.353 e. The predicted molar refractivity (Wildman–Crippen MR) is 147 cm³/mol. The van der Waals surface area contributed by atoms with Gasteiger partial charge in [0, 0.05) is 24.6 Å². The Labute approximate surface area is 212 Å². The van der Waals surface area contributed by atoms with E-state index in [4.69, 9.17) is 15.0 Å². The summed E-state index contributed by atoms with van der Waals surface area (Å²) in [6.07, 6.45) is 20.1. The third-order valence-corrected chi connectivity index (χ3v) is 8.08. The van der Waals surface area contributed by atoms with Gasteiger partial charge in [-0.1, -0.05) is 108 Å². The Kier molecular flexibility index (Phi) is 17.2. The molecule has 1 aliphatic rings. The van der Waals surface area contributed by atoms with Gasteiger partial charge in [0.15, 0.2) is 10.3 Å². The molecule has 2 heterocycles. The molecule has 0 saturated carbocycles. The van der Waals surface area contributed by atoms with Crippen LogP contribution in [-0.4, -0.2) is 57.5 Å². The summed E-state index contributed by atoms with van der Waals surface area (Å²) in [4.78, 5) is 16.7. The molecule has 0 spiro atoms. The Morgan fingerprint density at radius 1 is 0.667 bits per heavy atom. The molecular weight excluding hydrogens is 446 g/mol. The number of nitrogens with zero attached hydrogens (tertiary/aromatic N) is 4. The molecule has 1 N–H and O–H groups in total. The summed E-state index contributed by atoms with van der Waals surface area (Å²) in [6.45, 7) is 9.00. The molecule has 0 unspecified atom stereocenters. The first-order chi connectivity index (χ1) is 16.3. The SMILES string of the molecule is CCCCCCCCCCCSc1nc(NCCN2CCCC2)nc(SCCCCCC)n1. The van der Waals surface area contributed by atoms with E-state index in [2.05, 4.69) is 24.1 Å². The Balaban J connectivity index is 1.71. The molecule has 1 fully saturated rings. The molecule has 5 nitrogen and oxygen atoms in total. The predicted octanol–water partition coefficient (Wildman–Crippen LogP) is 7.67. The fourth-order valence-electron chi connectivity index (χ4n) is 4.15.